The molecule has 2 rings (SSSR count). The summed E-state index contributed by atoms with van der Waals surface area (Å²) >= 11 is 0. The molecule has 0 saturated carbocycles. The van der Waals surface area contributed by atoms with Gasteiger partial charge in [0.1, 0.15) is 0 Å². The van der Waals surface area contributed by atoms with E-state index in [1.54, 1.807) is 14.0 Å². The molecule has 1 aromatic carbocycles. The second kappa shape index (κ2) is 7.68. The van der Waals surface area contributed by atoms with Crippen LogP contribution < -0.4 is 14.8 Å². The van der Waals surface area contributed by atoms with Gasteiger partial charge in [-0.3, -0.25) is 0 Å². The number of hydrogen-bond donors (Lipinski definition) is 3. The Bertz CT molecular complexity index is 816. The molecule has 0 amide bonds. The summed E-state index contributed by atoms with van der Waals surface area (Å²) < 4.78 is 59.0. The molecule has 142 valence electrons. The second-order valence-corrected chi connectivity index (χ2v) is 9.82. The first-order valence-electron chi connectivity index (χ1n) is 7.94. The standard InChI is InChI=1S/C15H25N3O5S2/c1-12-9-13(5-6-14(12)25(21,22)16-2)24(19,20)18-10-15(11-23-3)7-4-8-17-15/h5-6,9,16-18H,4,7-8,10-11H2,1-3H3. The maximum Gasteiger partial charge on any atom is 0.240 e. The van der Waals surface area contributed by atoms with Crippen molar-refractivity contribution in [1.82, 2.24) is 14.8 Å². The van der Waals surface area contributed by atoms with Crippen LogP contribution in [0.5, 0.6) is 0 Å². The van der Waals surface area contributed by atoms with Crippen molar-refractivity contribution in [1.29, 1.82) is 0 Å². The van der Waals surface area contributed by atoms with Gasteiger partial charge in [0.25, 0.3) is 0 Å². The number of methoxy groups -OCH3 is 1. The Labute approximate surface area is 149 Å². The lowest BCUT2D eigenvalue weighted by atomic mass is 9.99. The van der Waals surface area contributed by atoms with Crippen molar-refractivity contribution < 1.29 is 21.6 Å². The lowest BCUT2D eigenvalue weighted by molar-refractivity contribution is 0.122. The van der Waals surface area contributed by atoms with E-state index in [-0.39, 0.29) is 16.3 Å². The zero-order valence-corrected chi connectivity index (χ0v) is 16.3. The fourth-order valence-corrected chi connectivity index (χ4v) is 5.15. The van der Waals surface area contributed by atoms with E-state index < -0.39 is 25.6 Å². The number of sulfonamides is 2. The van der Waals surface area contributed by atoms with Crippen LogP contribution >= 0.6 is 0 Å². The molecular formula is C15H25N3O5S2. The highest BCUT2D eigenvalue weighted by atomic mass is 32.2. The van der Waals surface area contributed by atoms with Crippen LogP contribution in [0.2, 0.25) is 0 Å². The summed E-state index contributed by atoms with van der Waals surface area (Å²) in [4.78, 5) is 0.0906. The predicted octanol–water partition coefficient (Wildman–Crippen LogP) is -0.0500. The van der Waals surface area contributed by atoms with Gasteiger partial charge >= 0.3 is 0 Å². The Balaban J connectivity index is 2.21. The summed E-state index contributed by atoms with van der Waals surface area (Å²) in [5.41, 5.74) is -0.0467. The Kier molecular flexibility index (Phi) is 6.23. The van der Waals surface area contributed by atoms with Gasteiger partial charge in [0, 0.05) is 13.7 Å². The lowest BCUT2D eigenvalue weighted by Crippen LogP contribution is -2.52. The molecule has 1 aliphatic rings. The van der Waals surface area contributed by atoms with Crippen molar-refractivity contribution >= 4 is 20.0 Å². The SMILES string of the molecule is CNS(=O)(=O)c1ccc(S(=O)(=O)NCC2(COC)CCCN2)cc1C. The quantitative estimate of drug-likeness (QED) is 0.573. The zero-order valence-electron chi connectivity index (χ0n) is 14.6. The zero-order chi connectivity index (χ0) is 18.7. The van der Waals surface area contributed by atoms with Crippen molar-refractivity contribution in [2.45, 2.75) is 35.1 Å². The third kappa shape index (κ3) is 4.57. The molecule has 1 heterocycles. The van der Waals surface area contributed by atoms with Crippen molar-refractivity contribution in [3.8, 4) is 0 Å². The van der Waals surface area contributed by atoms with Gasteiger partial charge in [-0.2, -0.15) is 0 Å². The van der Waals surface area contributed by atoms with Crippen LogP contribution in [0.15, 0.2) is 28.0 Å². The van der Waals surface area contributed by atoms with E-state index in [4.69, 9.17) is 4.74 Å². The van der Waals surface area contributed by atoms with Crippen molar-refractivity contribution in [3.05, 3.63) is 23.8 Å². The maximum absolute atomic E-state index is 12.6. The Morgan fingerprint density at radius 2 is 1.96 bits per heavy atom. The fourth-order valence-electron chi connectivity index (χ4n) is 2.99. The average Bonchev–Trinajstić information content (AvgIpc) is 3.02. The maximum atomic E-state index is 12.6. The number of hydrogen-bond acceptors (Lipinski definition) is 6. The Morgan fingerprint density at radius 3 is 2.48 bits per heavy atom. The normalized spacial score (nSPS) is 21.6. The molecular weight excluding hydrogens is 366 g/mol. The highest BCUT2D eigenvalue weighted by Crippen LogP contribution is 2.22. The largest absolute Gasteiger partial charge is 0.383 e. The molecule has 0 bridgehead atoms. The van der Waals surface area contributed by atoms with Gasteiger partial charge in [-0.15, -0.1) is 0 Å². The van der Waals surface area contributed by atoms with Crippen LogP contribution in [0.4, 0.5) is 0 Å². The molecule has 0 radical (unpaired) electrons. The monoisotopic (exact) mass is 391 g/mol. The molecule has 0 aromatic heterocycles. The molecule has 10 heteroatoms. The summed E-state index contributed by atoms with van der Waals surface area (Å²) in [6.07, 6.45) is 1.78. The fraction of sp³-hybridized carbons (Fsp3) is 0.600. The molecule has 0 aliphatic carbocycles. The van der Waals surface area contributed by atoms with E-state index in [9.17, 15) is 16.8 Å². The summed E-state index contributed by atoms with van der Waals surface area (Å²) in [6, 6.07) is 3.96. The molecule has 25 heavy (non-hydrogen) atoms. The molecule has 1 atom stereocenters. The van der Waals surface area contributed by atoms with Gasteiger partial charge in [0.05, 0.1) is 21.9 Å². The van der Waals surface area contributed by atoms with Gasteiger partial charge < -0.3 is 10.1 Å². The van der Waals surface area contributed by atoms with E-state index in [0.29, 0.717) is 12.2 Å². The molecule has 0 spiro atoms. The highest BCUT2D eigenvalue weighted by Gasteiger charge is 2.35. The van der Waals surface area contributed by atoms with Crippen LogP contribution in [0.25, 0.3) is 0 Å². The van der Waals surface area contributed by atoms with E-state index in [2.05, 4.69) is 14.8 Å². The van der Waals surface area contributed by atoms with Gasteiger partial charge in [-0.1, -0.05) is 0 Å². The van der Waals surface area contributed by atoms with Crippen LogP contribution in [-0.4, -0.2) is 56.2 Å². The summed E-state index contributed by atoms with van der Waals surface area (Å²) in [7, 11) is -4.49. The summed E-state index contributed by atoms with van der Waals surface area (Å²) in [5, 5.41) is 3.30. The molecule has 1 fully saturated rings. The highest BCUT2D eigenvalue weighted by molar-refractivity contribution is 7.90. The first-order valence-corrected chi connectivity index (χ1v) is 10.9. The number of aryl methyl sites for hydroxylation is 1. The minimum Gasteiger partial charge on any atom is -0.383 e. The molecule has 1 aliphatic heterocycles. The number of benzene rings is 1. The number of nitrogens with one attached hydrogen (secondary N) is 3. The predicted molar refractivity (Wildman–Crippen MR) is 94.5 cm³/mol. The van der Waals surface area contributed by atoms with Crippen molar-refractivity contribution in [3.63, 3.8) is 0 Å². The summed E-state index contributed by atoms with van der Waals surface area (Å²) in [5.74, 6) is 0. The van der Waals surface area contributed by atoms with E-state index in [1.807, 2.05) is 0 Å². The molecule has 8 nitrogen and oxygen atoms in total. The van der Waals surface area contributed by atoms with Crippen LogP contribution in [0, 0.1) is 6.92 Å². The minimum absolute atomic E-state index is 0.0330. The van der Waals surface area contributed by atoms with Gasteiger partial charge in [0.2, 0.25) is 20.0 Å². The lowest BCUT2D eigenvalue weighted by Gasteiger charge is -2.28. The molecule has 1 aromatic rings. The molecule has 1 unspecified atom stereocenters. The molecule has 3 N–H and O–H groups in total. The van der Waals surface area contributed by atoms with Crippen molar-refractivity contribution in [2.24, 2.45) is 0 Å². The second-order valence-electron chi connectivity index (χ2n) is 6.20. The Hall–Kier alpha value is -1.04. The number of ether oxygens (including phenoxy) is 1. The number of rotatable bonds is 8. The minimum atomic E-state index is -3.76. The smallest absolute Gasteiger partial charge is 0.240 e. The first kappa shape index (κ1) is 20.3. The summed E-state index contributed by atoms with van der Waals surface area (Å²) in [6.45, 7) is 3.00. The van der Waals surface area contributed by atoms with E-state index in [1.165, 1.54) is 25.2 Å². The van der Waals surface area contributed by atoms with E-state index >= 15 is 0 Å². The first-order chi connectivity index (χ1) is 11.7. The third-order valence-corrected chi connectivity index (χ3v) is 7.34. The molecule has 1 saturated heterocycles. The van der Waals surface area contributed by atoms with E-state index in [0.717, 1.165) is 19.4 Å². The van der Waals surface area contributed by atoms with Crippen LogP contribution in [0.1, 0.15) is 18.4 Å². The third-order valence-electron chi connectivity index (χ3n) is 4.37. The average molecular weight is 392 g/mol. The topological polar surface area (TPSA) is 114 Å². The van der Waals surface area contributed by atoms with Gasteiger partial charge in [-0.05, 0) is 57.1 Å². The van der Waals surface area contributed by atoms with Gasteiger partial charge in [-0.25, -0.2) is 26.3 Å². The van der Waals surface area contributed by atoms with Gasteiger partial charge in [0.15, 0.2) is 0 Å². The Morgan fingerprint density at radius 1 is 1.24 bits per heavy atom. The van der Waals surface area contributed by atoms with Crippen LogP contribution in [0.3, 0.4) is 0 Å². The van der Waals surface area contributed by atoms with Crippen LogP contribution in [-0.2, 0) is 24.8 Å². The van der Waals surface area contributed by atoms with Crippen molar-refractivity contribution in [2.75, 3.05) is 33.9 Å².